The van der Waals surface area contributed by atoms with Crippen LogP contribution in [0.1, 0.15) is 16.6 Å². The fraction of sp³-hybridized carbons (Fsp3) is 0.158. The van der Waals surface area contributed by atoms with Crippen molar-refractivity contribution in [3.8, 4) is 0 Å². The predicted molar refractivity (Wildman–Crippen MR) is 120 cm³/mol. The number of halogens is 2. The van der Waals surface area contributed by atoms with Gasteiger partial charge < -0.3 is 0 Å². The Kier molecular flexibility index (Phi) is 5.21. The molecule has 5 rings (SSSR count). The van der Waals surface area contributed by atoms with E-state index in [1.807, 2.05) is 30.3 Å². The van der Waals surface area contributed by atoms with Crippen molar-refractivity contribution in [1.29, 1.82) is 0 Å². The summed E-state index contributed by atoms with van der Waals surface area (Å²) in [6.45, 7) is 0. The molecule has 0 aliphatic carbocycles. The molecule has 3 heterocycles. The standard InChI is InChI=1S/C19H12Cl2N4OS3/c20-11-7-5-10(6-8-11)16-15(21)17(26)25(16)18-24-23-14(29-18)9-27-19-22-12-3-1-2-4-13(12)28-19/h1-8,15-16H,9H2. The maximum absolute atomic E-state index is 12.4. The van der Waals surface area contributed by atoms with Gasteiger partial charge in [-0.05, 0) is 29.8 Å². The fourth-order valence-electron chi connectivity index (χ4n) is 3.08. The van der Waals surface area contributed by atoms with Crippen LogP contribution in [0.25, 0.3) is 10.2 Å². The second-order valence-corrected chi connectivity index (χ2v) is 10.5. The minimum absolute atomic E-state index is 0.159. The molecular weight excluding hydrogens is 467 g/mol. The van der Waals surface area contributed by atoms with E-state index in [4.69, 9.17) is 23.2 Å². The number of benzene rings is 2. The van der Waals surface area contributed by atoms with Gasteiger partial charge in [0.1, 0.15) is 10.4 Å². The summed E-state index contributed by atoms with van der Waals surface area (Å²) in [5, 5.41) is 9.92. The Hall–Kier alpha value is -1.71. The molecule has 1 saturated heterocycles. The Morgan fingerprint density at radius 1 is 1.07 bits per heavy atom. The number of para-hydroxylation sites is 1. The van der Waals surface area contributed by atoms with Gasteiger partial charge in [-0.15, -0.1) is 33.1 Å². The van der Waals surface area contributed by atoms with Crippen molar-refractivity contribution < 1.29 is 4.79 Å². The van der Waals surface area contributed by atoms with Gasteiger partial charge in [0.15, 0.2) is 4.34 Å². The van der Waals surface area contributed by atoms with E-state index < -0.39 is 5.38 Å². The van der Waals surface area contributed by atoms with E-state index in [9.17, 15) is 4.79 Å². The van der Waals surface area contributed by atoms with Crippen LogP contribution in [0.4, 0.5) is 5.13 Å². The van der Waals surface area contributed by atoms with Crippen LogP contribution < -0.4 is 4.90 Å². The van der Waals surface area contributed by atoms with Crippen LogP contribution in [0.2, 0.25) is 5.02 Å². The Labute approximate surface area is 188 Å². The molecule has 1 fully saturated rings. The van der Waals surface area contributed by atoms with E-state index in [2.05, 4.69) is 21.2 Å². The van der Waals surface area contributed by atoms with Gasteiger partial charge in [-0.3, -0.25) is 9.69 Å². The maximum Gasteiger partial charge on any atom is 0.250 e. The number of hydrogen-bond acceptors (Lipinski definition) is 7. The molecule has 5 nitrogen and oxygen atoms in total. The van der Waals surface area contributed by atoms with E-state index in [-0.39, 0.29) is 11.9 Å². The largest absolute Gasteiger partial charge is 0.276 e. The summed E-state index contributed by atoms with van der Waals surface area (Å²) >= 11 is 16.9. The molecule has 1 aliphatic rings. The summed E-state index contributed by atoms with van der Waals surface area (Å²) in [5.74, 6) is 0.489. The lowest BCUT2D eigenvalue weighted by Crippen LogP contribution is -2.56. The molecule has 0 saturated carbocycles. The molecule has 29 heavy (non-hydrogen) atoms. The lowest BCUT2D eigenvalue weighted by atomic mass is 9.94. The van der Waals surface area contributed by atoms with Crippen LogP contribution in [0.3, 0.4) is 0 Å². The SMILES string of the molecule is O=C1C(Cl)C(c2ccc(Cl)cc2)N1c1nnc(CSc2nc3ccccc3s2)s1. The average molecular weight is 479 g/mol. The van der Waals surface area contributed by atoms with Crippen molar-refractivity contribution in [2.24, 2.45) is 0 Å². The van der Waals surface area contributed by atoms with E-state index in [1.54, 1.807) is 40.1 Å². The molecule has 2 aromatic heterocycles. The summed E-state index contributed by atoms with van der Waals surface area (Å²) in [5.41, 5.74) is 1.93. The summed E-state index contributed by atoms with van der Waals surface area (Å²) < 4.78 is 2.15. The van der Waals surface area contributed by atoms with E-state index in [0.29, 0.717) is 15.9 Å². The number of anilines is 1. The number of β-lactam (4-membered cyclic amide) rings is 1. The molecule has 2 atom stereocenters. The monoisotopic (exact) mass is 478 g/mol. The first-order valence-corrected chi connectivity index (χ1v) is 12.1. The van der Waals surface area contributed by atoms with Crippen molar-refractivity contribution >= 4 is 78.9 Å². The zero-order valence-corrected chi connectivity index (χ0v) is 18.6. The van der Waals surface area contributed by atoms with Gasteiger partial charge >= 0.3 is 0 Å². The molecule has 0 spiro atoms. The number of hydrogen-bond donors (Lipinski definition) is 0. The third kappa shape index (κ3) is 3.64. The van der Waals surface area contributed by atoms with Gasteiger partial charge in [-0.25, -0.2) is 4.98 Å². The second-order valence-electron chi connectivity index (χ2n) is 6.32. The second kappa shape index (κ2) is 7.85. The van der Waals surface area contributed by atoms with Crippen molar-refractivity contribution in [3.05, 3.63) is 64.1 Å². The average Bonchev–Trinajstić information content (AvgIpc) is 3.37. The van der Waals surface area contributed by atoms with Gasteiger partial charge in [0.05, 0.1) is 22.0 Å². The lowest BCUT2D eigenvalue weighted by Gasteiger charge is -2.42. The Morgan fingerprint density at radius 2 is 1.86 bits per heavy atom. The highest BCUT2D eigenvalue weighted by atomic mass is 35.5. The summed E-state index contributed by atoms with van der Waals surface area (Å²) in [7, 11) is 0. The van der Waals surface area contributed by atoms with Crippen LogP contribution in [-0.4, -0.2) is 26.5 Å². The molecule has 0 bridgehead atoms. The van der Waals surface area contributed by atoms with Crippen LogP contribution in [0.15, 0.2) is 52.9 Å². The molecule has 10 heteroatoms. The molecule has 1 amide bonds. The number of carbonyl (C=O) groups is 1. The van der Waals surface area contributed by atoms with Crippen LogP contribution in [0.5, 0.6) is 0 Å². The lowest BCUT2D eigenvalue weighted by molar-refractivity contribution is -0.123. The quantitative estimate of drug-likeness (QED) is 0.206. The first kappa shape index (κ1) is 19.3. The number of fused-ring (bicyclic) bond motifs is 1. The Morgan fingerprint density at radius 3 is 2.66 bits per heavy atom. The number of thiazole rings is 1. The number of nitrogens with zero attached hydrogens (tertiary/aromatic N) is 4. The number of aromatic nitrogens is 3. The maximum atomic E-state index is 12.4. The number of carbonyl (C=O) groups excluding carboxylic acids is 1. The van der Waals surface area contributed by atoms with Crippen molar-refractivity contribution in [3.63, 3.8) is 0 Å². The Balaban J connectivity index is 1.32. The van der Waals surface area contributed by atoms with E-state index >= 15 is 0 Å². The van der Waals surface area contributed by atoms with Gasteiger partial charge in [-0.1, -0.05) is 59.0 Å². The van der Waals surface area contributed by atoms with Crippen LogP contribution in [-0.2, 0) is 10.5 Å². The zero-order valence-electron chi connectivity index (χ0n) is 14.7. The molecule has 1 aliphatic heterocycles. The predicted octanol–water partition coefficient (Wildman–Crippen LogP) is 5.79. The van der Waals surface area contributed by atoms with Gasteiger partial charge in [0.25, 0.3) is 0 Å². The third-order valence-electron chi connectivity index (χ3n) is 4.50. The van der Waals surface area contributed by atoms with Crippen LogP contribution in [0, 0.1) is 0 Å². The highest BCUT2D eigenvalue weighted by molar-refractivity contribution is 8.00. The minimum Gasteiger partial charge on any atom is -0.276 e. The molecule has 146 valence electrons. The number of thioether (sulfide) groups is 1. The minimum atomic E-state index is -0.611. The first-order chi connectivity index (χ1) is 14.1. The fourth-order valence-corrected chi connectivity index (χ4v) is 6.51. The first-order valence-electron chi connectivity index (χ1n) is 8.63. The summed E-state index contributed by atoms with van der Waals surface area (Å²) in [6.07, 6.45) is 0. The summed E-state index contributed by atoms with van der Waals surface area (Å²) in [6, 6.07) is 15.2. The van der Waals surface area contributed by atoms with E-state index in [0.717, 1.165) is 25.1 Å². The Bertz CT molecular complexity index is 1160. The highest BCUT2D eigenvalue weighted by Crippen LogP contribution is 2.43. The summed E-state index contributed by atoms with van der Waals surface area (Å²) in [4.78, 5) is 18.6. The van der Waals surface area contributed by atoms with Gasteiger partial charge in [0.2, 0.25) is 11.0 Å². The number of alkyl halides is 1. The molecule has 0 radical (unpaired) electrons. The third-order valence-corrected chi connectivity index (χ3v) is 8.47. The highest BCUT2D eigenvalue weighted by Gasteiger charge is 2.49. The molecule has 2 aromatic carbocycles. The topological polar surface area (TPSA) is 59.0 Å². The normalized spacial score (nSPS) is 19.0. The van der Waals surface area contributed by atoms with Crippen molar-refractivity contribution in [2.75, 3.05) is 4.90 Å². The smallest absolute Gasteiger partial charge is 0.250 e. The number of amides is 1. The van der Waals surface area contributed by atoms with Crippen LogP contribution >= 0.6 is 57.6 Å². The molecule has 4 aromatic rings. The van der Waals surface area contributed by atoms with Crippen molar-refractivity contribution in [1.82, 2.24) is 15.2 Å². The number of rotatable bonds is 5. The van der Waals surface area contributed by atoms with E-state index in [1.165, 1.54) is 11.3 Å². The molecular formula is C19H12Cl2N4OS3. The van der Waals surface area contributed by atoms with Gasteiger partial charge in [0, 0.05) is 5.02 Å². The zero-order chi connectivity index (χ0) is 20.0. The van der Waals surface area contributed by atoms with Gasteiger partial charge in [-0.2, -0.15) is 0 Å². The molecule has 2 unspecified atom stereocenters. The molecule has 0 N–H and O–H groups in total. The van der Waals surface area contributed by atoms with Crippen molar-refractivity contribution in [2.45, 2.75) is 21.5 Å².